The number of hydrogen-bond donors (Lipinski definition) is 1. The quantitative estimate of drug-likeness (QED) is 0.531. The van der Waals surface area contributed by atoms with E-state index in [-0.39, 0.29) is 6.04 Å². The Hall–Kier alpha value is -3.31. The van der Waals surface area contributed by atoms with Crippen LogP contribution in [-0.4, -0.2) is 19.7 Å². The standard InChI is InChI=1S/C23H23N5/c1-18-7-5-10-21(13-18)23-25-15-19(16-26-23)14-24-22(17-28-12-6-11-27-28)20-8-3-2-4-9-20/h2-13,15-16,22,24H,14,17H2,1H3. The van der Waals surface area contributed by atoms with Gasteiger partial charge >= 0.3 is 0 Å². The van der Waals surface area contributed by atoms with Gasteiger partial charge < -0.3 is 5.32 Å². The van der Waals surface area contributed by atoms with Crippen LogP contribution in [0.3, 0.4) is 0 Å². The second kappa shape index (κ2) is 8.59. The van der Waals surface area contributed by atoms with E-state index < -0.39 is 0 Å². The summed E-state index contributed by atoms with van der Waals surface area (Å²) in [5.74, 6) is 0.753. The molecule has 0 fully saturated rings. The molecule has 0 aliphatic heterocycles. The smallest absolute Gasteiger partial charge is 0.159 e. The molecule has 28 heavy (non-hydrogen) atoms. The van der Waals surface area contributed by atoms with Gasteiger partial charge in [0.05, 0.1) is 12.6 Å². The molecule has 2 aromatic heterocycles. The molecule has 0 aliphatic carbocycles. The molecule has 1 unspecified atom stereocenters. The number of benzene rings is 2. The SMILES string of the molecule is Cc1cccc(-c2ncc(CNC(Cn3cccn3)c3ccccc3)cn2)c1. The van der Waals surface area contributed by atoms with E-state index in [2.05, 4.69) is 63.7 Å². The third-order valence-corrected chi connectivity index (χ3v) is 4.66. The van der Waals surface area contributed by atoms with Crippen molar-refractivity contribution < 1.29 is 0 Å². The Morgan fingerprint density at radius 1 is 0.964 bits per heavy atom. The summed E-state index contributed by atoms with van der Waals surface area (Å²) in [5.41, 5.74) is 4.53. The van der Waals surface area contributed by atoms with Gasteiger partial charge in [-0.15, -0.1) is 0 Å². The molecular formula is C23H23N5. The number of aryl methyl sites for hydroxylation is 1. The van der Waals surface area contributed by atoms with Crippen LogP contribution in [0.1, 0.15) is 22.7 Å². The van der Waals surface area contributed by atoms with Crippen molar-refractivity contribution in [1.29, 1.82) is 0 Å². The van der Waals surface area contributed by atoms with Crippen molar-refractivity contribution in [3.05, 3.63) is 102 Å². The lowest BCUT2D eigenvalue weighted by molar-refractivity contribution is 0.437. The van der Waals surface area contributed by atoms with Crippen LogP contribution in [0.5, 0.6) is 0 Å². The molecule has 1 atom stereocenters. The lowest BCUT2D eigenvalue weighted by Gasteiger charge is -2.19. The minimum atomic E-state index is 0.151. The van der Waals surface area contributed by atoms with Gasteiger partial charge in [0.15, 0.2) is 5.82 Å². The van der Waals surface area contributed by atoms with Crippen molar-refractivity contribution in [1.82, 2.24) is 25.1 Å². The fraction of sp³-hybridized carbons (Fsp3) is 0.174. The normalized spacial score (nSPS) is 12.0. The molecule has 0 amide bonds. The third kappa shape index (κ3) is 4.50. The molecule has 0 aliphatic rings. The zero-order valence-corrected chi connectivity index (χ0v) is 15.9. The molecule has 4 rings (SSSR count). The van der Waals surface area contributed by atoms with Crippen molar-refractivity contribution in [2.75, 3.05) is 0 Å². The van der Waals surface area contributed by atoms with Gasteiger partial charge in [-0.05, 0) is 24.6 Å². The Bertz CT molecular complexity index is 995. The zero-order chi connectivity index (χ0) is 19.2. The van der Waals surface area contributed by atoms with Crippen LogP contribution in [-0.2, 0) is 13.1 Å². The Balaban J connectivity index is 1.46. The maximum atomic E-state index is 4.55. The van der Waals surface area contributed by atoms with E-state index in [0.29, 0.717) is 6.54 Å². The van der Waals surface area contributed by atoms with Gasteiger partial charge in [-0.2, -0.15) is 5.10 Å². The first-order chi connectivity index (χ1) is 13.8. The highest BCUT2D eigenvalue weighted by molar-refractivity contribution is 5.55. The largest absolute Gasteiger partial charge is 0.304 e. The number of hydrogen-bond acceptors (Lipinski definition) is 4. The molecule has 2 heterocycles. The Morgan fingerprint density at radius 3 is 2.50 bits per heavy atom. The summed E-state index contributed by atoms with van der Waals surface area (Å²) >= 11 is 0. The average molecular weight is 369 g/mol. The van der Waals surface area contributed by atoms with Crippen molar-refractivity contribution >= 4 is 0 Å². The molecule has 140 valence electrons. The molecule has 0 bridgehead atoms. The third-order valence-electron chi connectivity index (χ3n) is 4.66. The van der Waals surface area contributed by atoms with E-state index in [4.69, 9.17) is 0 Å². The minimum absolute atomic E-state index is 0.151. The summed E-state index contributed by atoms with van der Waals surface area (Å²) in [7, 11) is 0. The number of nitrogens with one attached hydrogen (secondary N) is 1. The van der Waals surface area contributed by atoms with E-state index in [0.717, 1.165) is 23.5 Å². The highest BCUT2D eigenvalue weighted by Crippen LogP contribution is 2.17. The maximum Gasteiger partial charge on any atom is 0.159 e. The van der Waals surface area contributed by atoms with Crippen LogP contribution in [0, 0.1) is 6.92 Å². The zero-order valence-electron chi connectivity index (χ0n) is 15.9. The molecule has 0 radical (unpaired) electrons. The molecule has 4 aromatic rings. The van der Waals surface area contributed by atoms with E-state index in [1.165, 1.54) is 11.1 Å². The highest BCUT2D eigenvalue weighted by Gasteiger charge is 2.12. The van der Waals surface area contributed by atoms with Crippen LogP contribution in [0.25, 0.3) is 11.4 Å². The second-order valence-electron chi connectivity index (χ2n) is 6.86. The fourth-order valence-electron chi connectivity index (χ4n) is 3.19. The van der Waals surface area contributed by atoms with Crippen molar-refractivity contribution in [3.63, 3.8) is 0 Å². The number of nitrogens with zero attached hydrogens (tertiary/aromatic N) is 4. The fourth-order valence-corrected chi connectivity index (χ4v) is 3.19. The van der Waals surface area contributed by atoms with Gasteiger partial charge in [0.25, 0.3) is 0 Å². The molecule has 1 N–H and O–H groups in total. The van der Waals surface area contributed by atoms with Gasteiger partial charge in [0, 0.05) is 42.5 Å². The predicted molar refractivity (Wildman–Crippen MR) is 110 cm³/mol. The van der Waals surface area contributed by atoms with Gasteiger partial charge in [-0.1, -0.05) is 54.1 Å². The Kier molecular flexibility index (Phi) is 5.54. The second-order valence-corrected chi connectivity index (χ2v) is 6.86. The molecule has 5 heteroatoms. The van der Waals surface area contributed by atoms with E-state index >= 15 is 0 Å². The van der Waals surface area contributed by atoms with Crippen LogP contribution in [0.15, 0.2) is 85.5 Å². The summed E-state index contributed by atoms with van der Waals surface area (Å²) in [6.07, 6.45) is 7.58. The first-order valence-electron chi connectivity index (χ1n) is 9.42. The van der Waals surface area contributed by atoms with Gasteiger partial charge in [0.1, 0.15) is 0 Å². The summed E-state index contributed by atoms with van der Waals surface area (Å²) in [4.78, 5) is 9.10. The lowest BCUT2D eigenvalue weighted by Crippen LogP contribution is -2.25. The summed E-state index contributed by atoms with van der Waals surface area (Å²) in [5, 5.41) is 7.96. The van der Waals surface area contributed by atoms with Crippen LogP contribution >= 0.6 is 0 Å². The minimum Gasteiger partial charge on any atom is -0.304 e. The molecule has 5 nitrogen and oxygen atoms in total. The summed E-state index contributed by atoms with van der Waals surface area (Å²) in [6.45, 7) is 3.53. The first kappa shape index (κ1) is 18.1. The first-order valence-corrected chi connectivity index (χ1v) is 9.42. The molecule has 0 saturated heterocycles. The van der Waals surface area contributed by atoms with Gasteiger partial charge in [0.2, 0.25) is 0 Å². The molecule has 0 spiro atoms. The summed E-state index contributed by atoms with van der Waals surface area (Å²) in [6, 6.07) is 20.8. The highest BCUT2D eigenvalue weighted by atomic mass is 15.3. The van der Waals surface area contributed by atoms with Gasteiger partial charge in [-0.3, -0.25) is 4.68 Å². The molecule has 2 aromatic carbocycles. The van der Waals surface area contributed by atoms with E-state index in [1.807, 2.05) is 47.5 Å². The number of aromatic nitrogens is 4. The number of rotatable bonds is 7. The topological polar surface area (TPSA) is 55.6 Å². The lowest BCUT2D eigenvalue weighted by atomic mass is 10.1. The van der Waals surface area contributed by atoms with Crippen molar-refractivity contribution in [2.45, 2.75) is 26.1 Å². The monoisotopic (exact) mass is 369 g/mol. The van der Waals surface area contributed by atoms with Crippen LogP contribution in [0.4, 0.5) is 0 Å². The van der Waals surface area contributed by atoms with E-state index in [9.17, 15) is 0 Å². The van der Waals surface area contributed by atoms with Crippen LogP contribution in [0.2, 0.25) is 0 Å². The van der Waals surface area contributed by atoms with Crippen LogP contribution < -0.4 is 5.32 Å². The average Bonchev–Trinajstić information content (AvgIpc) is 3.25. The maximum absolute atomic E-state index is 4.55. The Labute approximate surface area is 165 Å². The van der Waals surface area contributed by atoms with E-state index in [1.54, 1.807) is 6.20 Å². The molecular weight excluding hydrogens is 346 g/mol. The molecule has 0 saturated carbocycles. The van der Waals surface area contributed by atoms with Gasteiger partial charge in [-0.25, -0.2) is 9.97 Å². The predicted octanol–water partition coefficient (Wildman–Crippen LogP) is 4.18. The van der Waals surface area contributed by atoms with Crippen molar-refractivity contribution in [3.8, 4) is 11.4 Å². The Morgan fingerprint density at radius 2 is 1.79 bits per heavy atom. The van der Waals surface area contributed by atoms with Crippen molar-refractivity contribution in [2.24, 2.45) is 0 Å². The summed E-state index contributed by atoms with van der Waals surface area (Å²) < 4.78 is 1.95.